The molecule has 0 unspecified atom stereocenters. The van der Waals surface area contributed by atoms with Crippen molar-refractivity contribution in [2.45, 2.75) is 20.3 Å². The molecule has 0 atom stereocenters. The molecule has 0 aliphatic heterocycles. The Morgan fingerprint density at radius 3 is 2.60 bits per heavy atom. The van der Waals surface area contributed by atoms with E-state index < -0.39 is 0 Å². The minimum Gasteiger partial charge on any atom is -0.352 e. The van der Waals surface area contributed by atoms with Crippen molar-refractivity contribution in [2.24, 2.45) is 0 Å². The lowest BCUT2D eigenvalue weighted by atomic mass is 10.1. The molecule has 8 heteroatoms. The van der Waals surface area contributed by atoms with Gasteiger partial charge in [-0.1, -0.05) is 18.2 Å². The fourth-order valence-corrected chi connectivity index (χ4v) is 3.68. The van der Waals surface area contributed by atoms with Crippen LogP contribution in [0.1, 0.15) is 28.4 Å². The first-order valence-electron chi connectivity index (χ1n) is 11.2. The Labute approximate surface area is 203 Å². The first-order valence-corrected chi connectivity index (χ1v) is 11.2. The van der Waals surface area contributed by atoms with Gasteiger partial charge in [-0.05, 0) is 60.9 Å². The zero-order valence-electron chi connectivity index (χ0n) is 19.5. The van der Waals surface area contributed by atoms with Crippen molar-refractivity contribution in [3.05, 3.63) is 102 Å². The normalized spacial score (nSPS) is 10.6. The molecule has 0 bridgehead atoms. The van der Waals surface area contributed by atoms with E-state index in [9.17, 15) is 14.0 Å². The number of para-hydroxylation sites is 1. The summed E-state index contributed by atoms with van der Waals surface area (Å²) in [6.07, 6.45) is 5.92. The molecule has 4 aromatic rings. The van der Waals surface area contributed by atoms with Crippen molar-refractivity contribution in [2.75, 3.05) is 17.2 Å². The van der Waals surface area contributed by atoms with E-state index in [0.717, 1.165) is 28.2 Å². The summed E-state index contributed by atoms with van der Waals surface area (Å²) >= 11 is 0. The van der Waals surface area contributed by atoms with Crippen LogP contribution in [0.15, 0.2) is 79.3 Å². The topological polar surface area (TPSA) is 88.0 Å². The average Bonchev–Trinajstić information content (AvgIpc) is 3.33. The van der Waals surface area contributed by atoms with Gasteiger partial charge in [0.25, 0.3) is 5.91 Å². The third kappa shape index (κ3) is 6.11. The number of aromatic nitrogens is 2. The Balaban J connectivity index is 1.41. The van der Waals surface area contributed by atoms with Gasteiger partial charge in [-0.3, -0.25) is 9.59 Å². The van der Waals surface area contributed by atoms with E-state index in [1.807, 2.05) is 48.0 Å². The van der Waals surface area contributed by atoms with Gasteiger partial charge in [0.05, 0.1) is 11.3 Å². The predicted octanol–water partition coefficient (Wildman–Crippen LogP) is 4.99. The maximum Gasteiger partial charge on any atom is 0.252 e. The molecule has 2 amide bonds. The van der Waals surface area contributed by atoms with Crippen LogP contribution in [0.3, 0.4) is 0 Å². The van der Waals surface area contributed by atoms with E-state index in [4.69, 9.17) is 0 Å². The van der Waals surface area contributed by atoms with E-state index in [2.05, 4.69) is 20.9 Å². The zero-order chi connectivity index (χ0) is 24.8. The Kier molecular flexibility index (Phi) is 7.21. The number of rotatable bonds is 8. The number of halogens is 1. The van der Waals surface area contributed by atoms with E-state index in [0.29, 0.717) is 24.3 Å². The fraction of sp³-hybridized carbons (Fsp3) is 0.148. The lowest BCUT2D eigenvalue weighted by Crippen LogP contribution is -2.25. The van der Waals surface area contributed by atoms with E-state index >= 15 is 0 Å². The van der Waals surface area contributed by atoms with Crippen LogP contribution in [0.2, 0.25) is 0 Å². The molecular formula is C27H26FN5O2. The third-order valence-corrected chi connectivity index (χ3v) is 5.43. The minimum absolute atomic E-state index is 0.134. The number of nitrogens with zero attached hydrogens (tertiary/aromatic N) is 2. The number of carbonyl (C=O) groups is 2. The molecule has 2 heterocycles. The molecule has 0 saturated heterocycles. The summed E-state index contributed by atoms with van der Waals surface area (Å²) in [5, 5.41) is 8.91. The SMILES string of the molecule is CC(=O)Nc1ccccc1CCNC(=O)c1ccn(-c2cc(Nc3ccc(F)cc3)ncc2C)c1. The van der Waals surface area contributed by atoms with Gasteiger partial charge in [0, 0.05) is 49.5 Å². The van der Waals surface area contributed by atoms with Gasteiger partial charge in [0.15, 0.2) is 0 Å². The molecule has 3 N–H and O–H groups in total. The third-order valence-electron chi connectivity index (χ3n) is 5.43. The highest BCUT2D eigenvalue weighted by molar-refractivity contribution is 5.94. The quantitative estimate of drug-likeness (QED) is 0.338. The van der Waals surface area contributed by atoms with Crippen LogP contribution in [0.25, 0.3) is 5.69 Å². The Morgan fingerprint density at radius 1 is 1.06 bits per heavy atom. The van der Waals surface area contributed by atoms with Crippen molar-refractivity contribution < 1.29 is 14.0 Å². The molecule has 35 heavy (non-hydrogen) atoms. The second kappa shape index (κ2) is 10.6. The monoisotopic (exact) mass is 471 g/mol. The minimum atomic E-state index is -0.303. The van der Waals surface area contributed by atoms with E-state index in [-0.39, 0.29) is 17.6 Å². The van der Waals surface area contributed by atoms with Crippen molar-refractivity contribution in [3.8, 4) is 5.69 Å². The number of amides is 2. The smallest absolute Gasteiger partial charge is 0.252 e. The number of nitrogens with one attached hydrogen (secondary N) is 3. The lowest BCUT2D eigenvalue weighted by Gasteiger charge is -2.11. The van der Waals surface area contributed by atoms with E-state index in [1.54, 1.807) is 30.6 Å². The molecule has 0 fully saturated rings. The van der Waals surface area contributed by atoms with Crippen LogP contribution < -0.4 is 16.0 Å². The van der Waals surface area contributed by atoms with Crippen molar-refractivity contribution in [1.82, 2.24) is 14.9 Å². The van der Waals surface area contributed by atoms with Gasteiger partial charge in [-0.2, -0.15) is 0 Å². The van der Waals surface area contributed by atoms with Gasteiger partial charge in [0.2, 0.25) is 5.91 Å². The highest BCUT2D eigenvalue weighted by Gasteiger charge is 2.11. The molecule has 0 aliphatic carbocycles. The number of carbonyl (C=O) groups excluding carboxylic acids is 2. The number of pyridine rings is 1. The summed E-state index contributed by atoms with van der Waals surface area (Å²) in [7, 11) is 0. The molecule has 0 aliphatic rings. The predicted molar refractivity (Wildman–Crippen MR) is 135 cm³/mol. The van der Waals surface area contributed by atoms with Crippen LogP contribution in [0.5, 0.6) is 0 Å². The largest absolute Gasteiger partial charge is 0.352 e. The summed E-state index contributed by atoms with van der Waals surface area (Å²) in [6.45, 7) is 3.84. The first-order chi connectivity index (χ1) is 16.9. The van der Waals surface area contributed by atoms with Crippen LogP contribution in [-0.2, 0) is 11.2 Å². The fourth-order valence-electron chi connectivity index (χ4n) is 3.68. The van der Waals surface area contributed by atoms with Crippen molar-refractivity contribution >= 4 is 29.0 Å². The average molecular weight is 472 g/mol. The second-order valence-corrected chi connectivity index (χ2v) is 8.14. The summed E-state index contributed by atoms with van der Waals surface area (Å²) in [5.41, 5.74) is 4.76. The Morgan fingerprint density at radius 2 is 1.83 bits per heavy atom. The van der Waals surface area contributed by atoms with E-state index in [1.165, 1.54) is 19.1 Å². The van der Waals surface area contributed by atoms with Gasteiger partial charge >= 0.3 is 0 Å². The zero-order valence-corrected chi connectivity index (χ0v) is 19.5. The van der Waals surface area contributed by atoms with Gasteiger partial charge < -0.3 is 20.5 Å². The number of hydrogen-bond donors (Lipinski definition) is 3. The number of anilines is 3. The van der Waals surface area contributed by atoms with Crippen LogP contribution >= 0.6 is 0 Å². The molecule has 0 spiro atoms. The number of hydrogen-bond acceptors (Lipinski definition) is 4. The maximum absolute atomic E-state index is 13.2. The number of aryl methyl sites for hydroxylation is 1. The molecule has 0 radical (unpaired) electrons. The van der Waals surface area contributed by atoms with Crippen molar-refractivity contribution in [1.29, 1.82) is 0 Å². The van der Waals surface area contributed by atoms with Gasteiger partial charge in [-0.15, -0.1) is 0 Å². The molecule has 178 valence electrons. The number of benzene rings is 2. The Hall–Kier alpha value is -4.46. The standard InChI is InChI=1S/C27H26FN5O2/c1-18-16-30-26(32-23-9-7-22(28)8-10-23)15-25(18)33-14-12-21(17-33)27(35)29-13-11-20-5-3-4-6-24(20)31-19(2)34/h3-10,12,14-17H,11,13H2,1-2H3,(H,29,35)(H,30,32)(H,31,34). The lowest BCUT2D eigenvalue weighted by molar-refractivity contribution is -0.114. The summed E-state index contributed by atoms with van der Waals surface area (Å²) < 4.78 is 15.0. The highest BCUT2D eigenvalue weighted by atomic mass is 19.1. The van der Waals surface area contributed by atoms with Crippen LogP contribution in [-0.4, -0.2) is 27.9 Å². The highest BCUT2D eigenvalue weighted by Crippen LogP contribution is 2.22. The summed E-state index contributed by atoms with van der Waals surface area (Å²) in [6, 6.07) is 17.2. The molecule has 0 saturated carbocycles. The molecule has 7 nitrogen and oxygen atoms in total. The van der Waals surface area contributed by atoms with Gasteiger partial charge in [-0.25, -0.2) is 9.37 Å². The molecular weight excluding hydrogens is 445 g/mol. The van der Waals surface area contributed by atoms with Crippen LogP contribution in [0, 0.1) is 12.7 Å². The Bertz CT molecular complexity index is 1350. The molecule has 4 rings (SSSR count). The summed E-state index contributed by atoms with van der Waals surface area (Å²) in [5.74, 6) is -0.0136. The van der Waals surface area contributed by atoms with Gasteiger partial charge in [0.1, 0.15) is 11.6 Å². The van der Waals surface area contributed by atoms with Crippen LogP contribution in [0.4, 0.5) is 21.6 Å². The first kappa shape index (κ1) is 23.7. The molecule has 2 aromatic heterocycles. The maximum atomic E-state index is 13.2. The second-order valence-electron chi connectivity index (χ2n) is 8.14. The molecule has 2 aromatic carbocycles. The summed E-state index contributed by atoms with van der Waals surface area (Å²) in [4.78, 5) is 28.5. The van der Waals surface area contributed by atoms with Crippen molar-refractivity contribution in [3.63, 3.8) is 0 Å².